The van der Waals surface area contributed by atoms with E-state index in [0.717, 1.165) is 4.90 Å². The van der Waals surface area contributed by atoms with Crippen molar-refractivity contribution in [1.82, 2.24) is 10.9 Å². The van der Waals surface area contributed by atoms with Crippen molar-refractivity contribution < 1.29 is 23.5 Å². The molecule has 3 rings (SSSR count). The number of hydrazine groups is 1. The molecule has 0 radical (unpaired) electrons. The van der Waals surface area contributed by atoms with Crippen LogP contribution >= 0.6 is 0 Å². The first-order valence-electron chi connectivity index (χ1n) is 7.89. The molecule has 1 heterocycles. The number of nitrogens with one attached hydrogen (secondary N) is 2. The Labute approximate surface area is 148 Å². The first-order chi connectivity index (χ1) is 12.5. The predicted molar refractivity (Wildman–Crippen MR) is 90.5 cm³/mol. The van der Waals surface area contributed by atoms with Crippen LogP contribution in [0, 0.1) is 5.82 Å². The molecule has 1 atom stereocenters. The average Bonchev–Trinajstić information content (AvgIpc) is 2.93. The van der Waals surface area contributed by atoms with Crippen molar-refractivity contribution in [3.8, 4) is 5.75 Å². The number of para-hydroxylation sites is 1. The fraction of sp³-hybridized carbons (Fsp3) is 0.167. The largest absolute Gasteiger partial charge is 0.484 e. The monoisotopic (exact) mass is 357 g/mol. The minimum absolute atomic E-state index is 0.0627. The van der Waals surface area contributed by atoms with Gasteiger partial charge in [0.2, 0.25) is 5.91 Å². The number of amides is 3. The van der Waals surface area contributed by atoms with Gasteiger partial charge in [0.25, 0.3) is 11.8 Å². The van der Waals surface area contributed by atoms with Crippen molar-refractivity contribution in [3.63, 3.8) is 0 Å². The second-order valence-corrected chi connectivity index (χ2v) is 5.59. The van der Waals surface area contributed by atoms with Gasteiger partial charge in [-0.3, -0.25) is 19.8 Å². The van der Waals surface area contributed by atoms with Crippen molar-refractivity contribution in [2.75, 3.05) is 11.5 Å². The number of hydrogen-bond donors (Lipinski definition) is 2. The molecule has 134 valence electrons. The molecule has 0 saturated carbocycles. The van der Waals surface area contributed by atoms with Crippen LogP contribution in [0.15, 0.2) is 54.6 Å². The van der Waals surface area contributed by atoms with Crippen LogP contribution in [0.4, 0.5) is 10.1 Å². The van der Waals surface area contributed by atoms with Gasteiger partial charge in [0.05, 0.1) is 12.1 Å². The van der Waals surface area contributed by atoms with Gasteiger partial charge in [-0.1, -0.05) is 18.2 Å². The van der Waals surface area contributed by atoms with E-state index in [0.29, 0.717) is 11.4 Å². The first kappa shape index (κ1) is 17.6. The highest BCUT2D eigenvalue weighted by Gasteiger charge is 2.39. The zero-order valence-corrected chi connectivity index (χ0v) is 13.6. The third-order valence-corrected chi connectivity index (χ3v) is 3.73. The van der Waals surface area contributed by atoms with Crippen LogP contribution in [-0.2, 0) is 14.4 Å². The lowest BCUT2D eigenvalue weighted by molar-refractivity contribution is -0.125. The molecule has 0 bridgehead atoms. The van der Waals surface area contributed by atoms with Crippen LogP contribution in [0.25, 0.3) is 0 Å². The lowest BCUT2D eigenvalue weighted by atomic mass is 10.2. The molecule has 0 spiro atoms. The lowest BCUT2D eigenvalue weighted by Crippen LogP contribution is -2.49. The molecule has 1 fully saturated rings. The van der Waals surface area contributed by atoms with Gasteiger partial charge in [-0.05, 0) is 36.4 Å². The van der Waals surface area contributed by atoms with E-state index in [1.165, 1.54) is 24.3 Å². The number of imide groups is 1. The summed E-state index contributed by atoms with van der Waals surface area (Å²) in [6, 6.07) is 12.9. The SMILES string of the molecule is O=C(COc1ccc(F)cc1)NN[C@@H]1CC(=O)N(c2ccccc2)C1=O. The molecule has 1 aliphatic rings. The maximum absolute atomic E-state index is 12.8. The molecule has 26 heavy (non-hydrogen) atoms. The molecular weight excluding hydrogens is 341 g/mol. The van der Waals surface area contributed by atoms with Crippen molar-refractivity contribution in [3.05, 3.63) is 60.4 Å². The molecule has 8 heteroatoms. The standard InChI is InChI=1S/C18H16FN3O4/c19-12-6-8-14(9-7-12)26-11-16(23)21-20-15-10-17(24)22(18(15)25)13-4-2-1-3-5-13/h1-9,15,20H,10-11H2,(H,21,23)/t15-/m1/s1. The van der Waals surface area contributed by atoms with Gasteiger partial charge in [-0.2, -0.15) is 0 Å². The van der Waals surface area contributed by atoms with E-state index >= 15 is 0 Å². The molecule has 0 aliphatic carbocycles. The molecule has 3 amide bonds. The van der Waals surface area contributed by atoms with Crippen molar-refractivity contribution in [2.24, 2.45) is 0 Å². The number of carbonyl (C=O) groups is 3. The summed E-state index contributed by atoms with van der Waals surface area (Å²) in [5.74, 6) is -1.40. The summed E-state index contributed by atoms with van der Waals surface area (Å²) in [5.41, 5.74) is 5.38. The number of hydrogen-bond acceptors (Lipinski definition) is 5. The highest BCUT2D eigenvalue weighted by Crippen LogP contribution is 2.22. The zero-order chi connectivity index (χ0) is 18.5. The fourth-order valence-corrected chi connectivity index (χ4v) is 2.48. The highest BCUT2D eigenvalue weighted by atomic mass is 19.1. The summed E-state index contributed by atoms with van der Waals surface area (Å²) in [4.78, 5) is 37.3. The Kier molecular flexibility index (Phi) is 5.23. The molecular formula is C18H16FN3O4. The van der Waals surface area contributed by atoms with Crippen LogP contribution in [-0.4, -0.2) is 30.4 Å². The van der Waals surface area contributed by atoms with E-state index in [1.807, 2.05) is 0 Å². The number of benzene rings is 2. The predicted octanol–water partition coefficient (Wildman–Crippen LogP) is 1.16. The third-order valence-electron chi connectivity index (χ3n) is 3.73. The van der Waals surface area contributed by atoms with Gasteiger partial charge in [0.1, 0.15) is 17.6 Å². The number of ether oxygens (including phenoxy) is 1. The Balaban J connectivity index is 1.50. The Hall–Kier alpha value is -3.26. The summed E-state index contributed by atoms with van der Waals surface area (Å²) in [6.45, 7) is -0.324. The van der Waals surface area contributed by atoms with Crippen LogP contribution in [0.3, 0.4) is 0 Å². The topological polar surface area (TPSA) is 87.7 Å². The summed E-state index contributed by atoms with van der Waals surface area (Å²) < 4.78 is 18.0. The molecule has 7 nitrogen and oxygen atoms in total. The van der Waals surface area contributed by atoms with E-state index in [-0.39, 0.29) is 18.9 Å². The van der Waals surface area contributed by atoms with E-state index in [9.17, 15) is 18.8 Å². The summed E-state index contributed by atoms with van der Waals surface area (Å²) in [6.07, 6.45) is -0.0627. The lowest BCUT2D eigenvalue weighted by Gasteiger charge is -2.15. The maximum atomic E-state index is 12.8. The molecule has 0 unspecified atom stereocenters. The molecule has 1 aliphatic heterocycles. The van der Waals surface area contributed by atoms with Crippen molar-refractivity contribution in [2.45, 2.75) is 12.5 Å². The number of rotatable bonds is 6. The number of halogens is 1. The van der Waals surface area contributed by atoms with Crippen molar-refractivity contribution >= 4 is 23.4 Å². The Morgan fingerprint density at radius 2 is 1.81 bits per heavy atom. The minimum Gasteiger partial charge on any atom is -0.484 e. The van der Waals surface area contributed by atoms with E-state index in [2.05, 4.69) is 10.9 Å². The minimum atomic E-state index is -0.850. The van der Waals surface area contributed by atoms with Gasteiger partial charge < -0.3 is 4.74 Å². The molecule has 2 aromatic carbocycles. The van der Waals surface area contributed by atoms with E-state index in [1.54, 1.807) is 30.3 Å². The Morgan fingerprint density at radius 3 is 2.50 bits per heavy atom. The average molecular weight is 357 g/mol. The number of anilines is 1. The quantitative estimate of drug-likeness (QED) is 0.598. The van der Waals surface area contributed by atoms with Crippen LogP contribution in [0.1, 0.15) is 6.42 Å². The van der Waals surface area contributed by atoms with E-state index < -0.39 is 23.7 Å². The smallest absolute Gasteiger partial charge is 0.272 e. The second-order valence-electron chi connectivity index (χ2n) is 5.59. The molecule has 2 aromatic rings. The summed E-state index contributed by atoms with van der Waals surface area (Å²) in [5, 5.41) is 0. The van der Waals surface area contributed by atoms with Gasteiger partial charge >= 0.3 is 0 Å². The van der Waals surface area contributed by atoms with Crippen LogP contribution in [0.5, 0.6) is 5.75 Å². The van der Waals surface area contributed by atoms with Crippen LogP contribution < -0.4 is 20.5 Å². The zero-order valence-electron chi connectivity index (χ0n) is 13.6. The van der Waals surface area contributed by atoms with E-state index in [4.69, 9.17) is 4.74 Å². The maximum Gasteiger partial charge on any atom is 0.272 e. The molecule has 2 N–H and O–H groups in total. The van der Waals surface area contributed by atoms with Gasteiger partial charge in [-0.25, -0.2) is 14.7 Å². The highest BCUT2D eigenvalue weighted by molar-refractivity contribution is 6.22. The summed E-state index contributed by atoms with van der Waals surface area (Å²) in [7, 11) is 0. The van der Waals surface area contributed by atoms with Gasteiger partial charge in [0, 0.05) is 0 Å². The second kappa shape index (κ2) is 7.75. The summed E-state index contributed by atoms with van der Waals surface area (Å²) >= 11 is 0. The van der Waals surface area contributed by atoms with Gasteiger partial charge in [-0.15, -0.1) is 0 Å². The van der Waals surface area contributed by atoms with Crippen molar-refractivity contribution in [1.29, 1.82) is 0 Å². The number of carbonyl (C=O) groups excluding carboxylic acids is 3. The number of nitrogens with zero attached hydrogens (tertiary/aromatic N) is 1. The first-order valence-corrected chi connectivity index (χ1v) is 7.89. The normalized spacial score (nSPS) is 16.7. The fourth-order valence-electron chi connectivity index (χ4n) is 2.48. The Bertz CT molecular complexity index is 811. The third kappa shape index (κ3) is 4.04. The Morgan fingerprint density at radius 1 is 1.12 bits per heavy atom. The molecule has 0 aromatic heterocycles. The van der Waals surface area contributed by atoms with Crippen LogP contribution in [0.2, 0.25) is 0 Å². The van der Waals surface area contributed by atoms with Gasteiger partial charge in [0.15, 0.2) is 6.61 Å². The molecule has 1 saturated heterocycles.